The Morgan fingerprint density at radius 2 is 1.95 bits per heavy atom. The van der Waals surface area contributed by atoms with Gasteiger partial charge in [0.25, 0.3) is 0 Å². The average molecular weight is 308 g/mol. The molecule has 1 atom stereocenters. The van der Waals surface area contributed by atoms with Crippen molar-refractivity contribution in [2.75, 3.05) is 7.11 Å². The van der Waals surface area contributed by atoms with Crippen LogP contribution in [0.15, 0.2) is 30.3 Å². The third-order valence-electron chi connectivity index (χ3n) is 3.77. The molecule has 0 aromatic heterocycles. The lowest BCUT2D eigenvalue weighted by Crippen LogP contribution is -2.15. The summed E-state index contributed by atoms with van der Waals surface area (Å²) in [5.41, 5.74) is 10.3. The summed E-state index contributed by atoms with van der Waals surface area (Å²) < 4.78 is 18.6. The summed E-state index contributed by atoms with van der Waals surface area (Å²) in [6.07, 6.45) is 0.526. The molecule has 0 radical (unpaired) electrons. The molecule has 2 rings (SSSR count). The summed E-state index contributed by atoms with van der Waals surface area (Å²) in [5.74, 6) is 0.460. The van der Waals surface area contributed by atoms with Crippen LogP contribution in [0.1, 0.15) is 28.3 Å². The highest BCUT2D eigenvalue weighted by Crippen LogP contribution is 2.32. The number of hydrogen-bond donors (Lipinski definition) is 1. The smallest absolute Gasteiger partial charge is 0.126 e. The van der Waals surface area contributed by atoms with Crippen molar-refractivity contribution in [1.29, 1.82) is 0 Å². The summed E-state index contributed by atoms with van der Waals surface area (Å²) in [7, 11) is 1.64. The molecular weight excluding hydrogens is 289 g/mol. The second-order valence-corrected chi connectivity index (χ2v) is 5.58. The maximum atomic E-state index is 13.1. The van der Waals surface area contributed by atoms with E-state index < -0.39 is 0 Å². The topological polar surface area (TPSA) is 35.2 Å². The van der Waals surface area contributed by atoms with E-state index in [2.05, 4.69) is 0 Å². The van der Waals surface area contributed by atoms with Crippen LogP contribution < -0.4 is 10.5 Å². The Kier molecular flexibility index (Phi) is 4.86. The van der Waals surface area contributed by atoms with Crippen LogP contribution >= 0.6 is 11.6 Å². The monoisotopic (exact) mass is 307 g/mol. The number of ether oxygens (including phenoxy) is 1. The van der Waals surface area contributed by atoms with Crippen molar-refractivity contribution in [3.63, 3.8) is 0 Å². The average Bonchev–Trinajstić information content (AvgIpc) is 2.44. The zero-order chi connectivity index (χ0) is 15.6. The molecule has 0 fully saturated rings. The summed E-state index contributed by atoms with van der Waals surface area (Å²) >= 11 is 6.06. The van der Waals surface area contributed by atoms with Crippen molar-refractivity contribution < 1.29 is 9.13 Å². The van der Waals surface area contributed by atoms with E-state index in [1.807, 2.05) is 26.0 Å². The van der Waals surface area contributed by atoms with E-state index in [0.29, 0.717) is 11.4 Å². The van der Waals surface area contributed by atoms with Crippen LogP contribution in [0, 0.1) is 19.7 Å². The molecular formula is C17H19ClFNO. The van der Waals surface area contributed by atoms with Crippen LogP contribution in [-0.2, 0) is 6.42 Å². The lowest BCUT2D eigenvalue weighted by atomic mass is 9.95. The molecule has 0 saturated heterocycles. The second kappa shape index (κ2) is 6.46. The van der Waals surface area contributed by atoms with E-state index in [-0.39, 0.29) is 11.9 Å². The van der Waals surface area contributed by atoms with Crippen LogP contribution in [0.3, 0.4) is 0 Å². The Morgan fingerprint density at radius 1 is 1.24 bits per heavy atom. The fraction of sp³-hybridized carbons (Fsp3) is 0.294. The first-order chi connectivity index (χ1) is 9.93. The Morgan fingerprint density at radius 3 is 2.57 bits per heavy atom. The number of benzene rings is 2. The van der Waals surface area contributed by atoms with Crippen molar-refractivity contribution in [3.8, 4) is 5.75 Å². The number of halogens is 2. The maximum Gasteiger partial charge on any atom is 0.126 e. The van der Waals surface area contributed by atoms with Crippen molar-refractivity contribution in [2.45, 2.75) is 26.3 Å². The first-order valence-corrected chi connectivity index (χ1v) is 7.15. The fourth-order valence-electron chi connectivity index (χ4n) is 2.41. The largest absolute Gasteiger partial charge is 0.496 e. The van der Waals surface area contributed by atoms with Gasteiger partial charge < -0.3 is 10.5 Å². The molecule has 2 N–H and O–H groups in total. The minimum atomic E-state index is -0.346. The highest BCUT2D eigenvalue weighted by molar-refractivity contribution is 6.31. The zero-order valence-electron chi connectivity index (χ0n) is 12.4. The number of aryl methyl sites for hydroxylation is 1. The van der Waals surface area contributed by atoms with Gasteiger partial charge in [-0.2, -0.15) is 0 Å². The number of hydrogen-bond acceptors (Lipinski definition) is 2. The molecule has 0 amide bonds. The molecule has 1 unspecified atom stereocenters. The predicted molar refractivity (Wildman–Crippen MR) is 84.5 cm³/mol. The van der Waals surface area contributed by atoms with Gasteiger partial charge in [0.2, 0.25) is 0 Å². The summed E-state index contributed by atoms with van der Waals surface area (Å²) in [5, 5.41) is 0.397. The third kappa shape index (κ3) is 3.36. The molecule has 0 heterocycles. The number of nitrogens with two attached hydrogens (primary N) is 1. The van der Waals surface area contributed by atoms with Crippen LogP contribution in [0.25, 0.3) is 0 Å². The van der Waals surface area contributed by atoms with Crippen molar-refractivity contribution >= 4 is 11.6 Å². The van der Waals surface area contributed by atoms with Gasteiger partial charge in [0.1, 0.15) is 11.6 Å². The van der Waals surface area contributed by atoms with E-state index in [1.165, 1.54) is 12.1 Å². The SMILES string of the molecule is COc1c(C(N)Cc2ccc(F)cc2Cl)ccc(C)c1C. The molecule has 0 aliphatic carbocycles. The highest BCUT2D eigenvalue weighted by atomic mass is 35.5. The van der Waals surface area contributed by atoms with Crippen LogP contribution in [0.2, 0.25) is 5.02 Å². The first-order valence-electron chi connectivity index (χ1n) is 6.77. The van der Waals surface area contributed by atoms with Gasteiger partial charge in [0.15, 0.2) is 0 Å². The summed E-state index contributed by atoms with van der Waals surface area (Å²) in [4.78, 5) is 0. The van der Waals surface area contributed by atoms with Crippen molar-refractivity contribution in [3.05, 3.63) is 63.4 Å². The second-order valence-electron chi connectivity index (χ2n) is 5.18. The lowest BCUT2D eigenvalue weighted by Gasteiger charge is -2.19. The Hall–Kier alpha value is -1.58. The summed E-state index contributed by atoms with van der Waals surface area (Å²) in [6, 6.07) is 8.11. The van der Waals surface area contributed by atoms with Gasteiger partial charge in [-0.3, -0.25) is 0 Å². The van der Waals surface area contributed by atoms with Gasteiger partial charge in [-0.15, -0.1) is 0 Å². The molecule has 0 bridgehead atoms. The standard InChI is InChI=1S/C17H19ClFNO/c1-10-4-7-14(17(21-3)11(10)2)16(20)8-12-5-6-13(19)9-15(12)18/h4-7,9,16H,8,20H2,1-3H3. The van der Waals surface area contributed by atoms with Crippen LogP contribution in [0.4, 0.5) is 4.39 Å². The summed E-state index contributed by atoms with van der Waals surface area (Å²) in [6.45, 7) is 4.04. The van der Waals surface area contributed by atoms with Gasteiger partial charge in [-0.05, 0) is 49.1 Å². The van der Waals surface area contributed by atoms with Crippen molar-refractivity contribution in [2.24, 2.45) is 5.73 Å². The van der Waals surface area contributed by atoms with Gasteiger partial charge in [0, 0.05) is 16.6 Å². The molecule has 2 aromatic rings. The Balaban J connectivity index is 2.32. The van der Waals surface area contributed by atoms with Crippen molar-refractivity contribution in [1.82, 2.24) is 0 Å². The van der Waals surface area contributed by atoms with E-state index in [9.17, 15) is 4.39 Å². The minimum Gasteiger partial charge on any atom is -0.496 e. The minimum absolute atomic E-state index is 0.262. The molecule has 2 aromatic carbocycles. The quantitative estimate of drug-likeness (QED) is 0.911. The molecule has 0 saturated carbocycles. The molecule has 0 spiro atoms. The fourth-order valence-corrected chi connectivity index (χ4v) is 2.65. The maximum absolute atomic E-state index is 13.1. The van der Waals surface area contributed by atoms with Crippen LogP contribution in [0.5, 0.6) is 5.75 Å². The third-order valence-corrected chi connectivity index (χ3v) is 4.12. The van der Waals surface area contributed by atoms with E-state index in [0.717, 1.165) is 28.0 Å². The molecule has 21 heavy (non-hydrogen) atoms. The number of methoxy groups -OCH3 is 1. The molecule has 0 aliphatic rings. The van der Waals surface area contributed by atoms with E-state index in [4.69, 9.17) is 22.1 Å². The molecule has 4 heteroatoms. The molecule has 2 nitrogen and oxygen atoms in total. The molecule has 112 valence electrons. The van der Waals surface area contributed by atoms with E-state index >= 15 is 0 Å². The predicted octanol–water partition coefficient (Wildman–Crippen LogP) is 4.35. The van der Waals surface area contributed by atoms with Gasteiger partial charge in [-0.25, -0.2) is 4.39 Å². The normalized spacial score (nSPS) is 12.3. The lowest BCUT2D eigenvalue weighted by molar-refractivity contribution is 0.402. The van der Waals surface area contributed by atoms with Gasteiger partial charge >= 0.3 is 0 Å². The van der Waals surface area contributed by atoms with Crippen LogP contribution in [-0.4, -0.2) is 7.11 Å². The van der Waals surface area contributed by atoms with E-state index in [1.54, 1.807) is 13.2 Å². The Labute approximate surface area is 129 Å². The molecule has 0 aliphatic heterocycles. The van der Waals surface area contributed by atoms with Gasteiger partial charge in [0.05, 0.1) is 7.11 Å². The zero-order valence-corrected chi connectivity index (χ0v) is 13.2. The Bertz CT molecular complexity index is 657. The number of rotatable bonds is 4. The van der Waals surface area contributed by atoms with Gasteiger partial charge in [-0.1, -0.05) is 29.8 Å². The first kappa shape index (κ1) is 15.8. The highest BCUT2D eigenvalue weighted by Gasteiger charge is 2.16.